The van der Waals surface area contributed by atoms with Crippen LogP contribution in [0.1, 0.15) is 33.3 Å². The summed E-state index contributed by atoms with van der Waals surface area (Å²) in [7, 11) is 1.30. The van der Waals surface area contributed by atoms with Crippen LogP contribution >= 0.6 is 11.3 Å². The molecular weight excluding hydrogens is 410 g/mol. The lowest BCUT2D eigenvalue weighted by atomic mass is 10.1. The second-order valence-corrected chi connectivity index (χ2v) is 7.24. The van der Waals surface area contributed by atoms with Gasteiger partial charge in [-0.3, -0.25) is 14.9 Å². The first-order valence-corrected chi connectivity index (χ1v) is 9.57. The molecule has 0 saturated carbocycles. The monoisotopic (exact) mass is 429 g/mol. The smallest absolute Gasteiger partial charge is 0.341 e. The van der Waals surface area contributed by atoms with Gasteiger partial charge >= 0.3 is 11.7 Å². The molecule has 9 nitrogen and oxygen atoms in total. The summed E-state index contributed by atoms with van der Waals surface area (Å²) in [5.41, 5.74) is 0.622. The number of aryl methyl sites for hydroxylation is 1. The Kier molecular flexibility index (Phi) is 7.27. The largest absolute Gasteiger partial charge is 0.490 e. The predicted molar refractivity (Wildman–Crippen MR) is 112 cm³/mol. The van der Waals surface area contributed by atoms with Gasteiger partial charge in [0, 0.05) is 10.9 Å². The lowest BCUT2D eigenvalue weighted by molar-refractivity contribution is -0.385. The summed E-state index contributed by atoms with van der Waals surface area (Å²) in [4.78, 5) is 36.3. The van der Waals surface area contributed by atoms with Crippen LogP contribution in [0.3, 0.4) is 0 Å². The molecule has 1 heterocycles. The van der Waals surface area contributed by atoms with Gasteiger partial charge in [-0.15, -0.1) is 11.3 Å². The van der Waals surface area contributed by atoms with E-state index in [-0.39, 0.29) is 39.7 Å². The number of esters is 1. The average molecular weight is 429 g/mol. The van der Waals surface area contributed by atoms with Crippen LogP contribution in [0.15, 0.2) is 23.8 Å². The van der Waals surface area contributed by atoms with Gasteiger partial charge in [0.25, 0.3) is 5.91 Å². The standard InChI is InChI=1S/C20H19N3O6S/c1-5-29-20(25)17-11(2)12(3)30-19(17)22-18(24)14(10-21)8-13-6-7-16(28-4)15(9-13)23(26)27/h6-9H,5H2,1-4H3,(H,22,24)/b14-8+. The van der Waals surface area contributed by atoms with Crippen LogP contribution in [0.5, 0.6) is 5.75 Å². The van der Waals surface area contributed by atoms with E-state index in [9.17, 15) is 25.0 Å². The molecule has 0 unspecified atom stereocenters. The van der Waals surface area contributed by atoms with E-state index < -0.39 is 16.8 Å². The number of anilines is 1. The number of hydrogen-bond donors (Lipinski definition) is 1. The van der Waals surface area contributed by atoms with E-state index in [1.807, 2.05) is 0 Å². The van der Waals surface area contributed by atoms with Crippen LogP contribution in [0, 0.1) is 35.3 Å². The number of thiophene rings is 1. The Hall–Kier alpha value is -3.71. The van der Waals surface area contributed by atoms with Gasteiger partial charge in [-0.05, 0) is 44.0 Å². The molecule has 0 spiro atoms. The zero-order chi connectivity index (χ0) is 22.4. The number of nitriles is 1. The van der Waals surface area contributed by atoms with Crippen LogP contribution in [0.25, 0.3) is 6.08 Å². The third kappa shape index (κ3) is 4.82. The van der Waals surface area contributed by atoms with Crippen molar-refractivity contribution in [2.75, 3.05) is 19.0 Å². The molecule has 1 aromatic heterocycles. The molecule has 0 aliphatic rings. The van der Waals surface area contributed by atoms with E-state index in [0.29, 0.717) is 5.56 Å². The SMILES string of the molecule is CCOC(=O)c1c(NC(=O)/C(C#N)=C/c2ccc(OC)c([N+](=O)[O-])c2)sc(C)c1C. The number of nitrogens with zero attached hydrogens (tertiary/aromatic N) is 2. The summed E-state index contributed by atoms with van der Waals surface area (Å²) >= 11 is 1.19. The summed E-state index contributed by atoms with van der Waals surface area (Å²) in [6, 6.07) is 5.84. The van der Waals surface area contributed by atoms with Crippen molar-refractivity contribution in [3.05, 3.63) is 55.5 Å². The highest BCUT2D eigenvalue weighted by atomic mass is 32.1. The fourth-order valence-corrected chi connectivity index (χ4v) is 3.63. The Labute approximate surface area is 176 Å². The van der Waals surface area contributed by atoms with Crippen LogP contribution < -0.4 is 10.1 Å². The average Bonchev–Trinajstić information content (AvgIpc) is 2.99. The number of nitrogens with one attached hydrogen (secondary N) is 1. The Balaban J connectivity index is 2.38. The maximum absolute atomic E-state index is 12.6. The number of carbonyl (C=O) groups is 2. The summed E-state index contributed by atoms with van der Waals surface area (Å²) < 4.78 is 9.98. The van der Waals surface area contributed by atoms with Crippen LogP contribution in [-0.4, -0.2) is 30.5 Å². The number of nitro groups is 1. The van der Waals surface area contributed by atoms with Gasteiger partial charge < -0.3 is 14.8 Å². The molecule has 0 aliphatic heterocycles. The van der Waals surface area contributed by atoms with E-state index in [0.717, 1.165) is 4.88 Å². The van der Waals surface area contributed by atoms with Gasteiger partial charge in [-0.2, -0.15) is 5.26 Å². The maximum atomic E-state index is 12.6. The number of benzene rings is 1. The lowest BCUT2D eigenvalue weighted by Gasteiger charge is -2.07. The molecule has 0 saturated heterocycles. The van der Waals surface area contributed by atoms with E-state index in [4.69, 9.17) is 9.47 Å². The van der Waals surface area contributed by atoms with Crippen molar-refractivity contribution < 1.29 is 24.0 Å². The van der Waals surface area contributed by atoms with E-state index in [1.54, 1.807) is 26.8 Å². The van der Waals surface area contributed by atoms with Crippen LogP contribution in [0.4, 0.5) is 10.7 Å². The van der Waals surface area contributed by atoms with Gasteiger partial charge in [0.15, 0.2) is 5.75 Å². The molecule has 0 atom stereocenters. The molecule has 0 fully saturated rings. The number of ether oxygens (including phenoxy) is 2. The van der Waals surface area contributed by atoms with Crippen molar-refractivity contribution in [1.29, 1.82) is 5.26 Å². The molecule has 0 aliphatic carbocycles. The highest BCUT2D eigenvalue weighted by Gasteiger charge is 2.23. The van der Waals surface area contributed by atoms with Gasteiger partial charge in [0.05, 0.1) is 24.2 Å². The third-order valence-electron chi connectivity index (χ3n) is 4.17. The van der Waals surface area contributed by atoms with Crippen molar-refractivity contribution in [1.82, 2.24) is 0 Å². The highest BCUT2D eigenvalue weighted by Crippen LogP contribution is 2.33. The zero-order valence-electron chi connectivity index (χ0n) is 16.8. The fourth-order valence-electron chi connectivity index (χ4n) is 2.59. The Morgan fingerprint density at radius 2 is 2.07 bits per heavy atom. The van der Waals surface area contributed by atoms with Gasteiger partial charge in [0.2, 0.25) is 0 Å². The van der Waals surface area contributed by atoms with Gasteiger partial charge in [0.1, 0.15) is 16.6 Å². The predicted octanol–water partition coefficient (Wildman–Crippen LogP) is 4.00. The second kappa shape index (κ2) is 9.67. The summed E-state index contributed by atoms with van der Waals surface area (Å²) in [6.45, 7) is 5.40. The minimum Gasteiger partial charge on any atom is -0.490 e. The summed E-state index contributed by atoms with van der Waals surface area (Å²) in [6.07, 6.45) is 1.22. The molecule has 2 aromatic rings. The van der Waals surface area contributed by atoms with Crippen LogP contribution in [0.2, 0.25) is 0 Å². The van der Waals surface area contributed by atoms with Crippen molar-refractivity contribution >= 4 is 40.0 Å². The molecule has 1 N–H and O–H groups in total. The number of nitro benzene ring substituents is 1. The number of methoxy groups -OCH3 is 1. The Bertz CT molecular complexity index is 1080. The number of carbonyl (C=O) groups excluding carboxylic acids is 2. The quantitative estimate of drug-likeness (QED) is 0.231. The third-order valence-corrected chi connectivity index (χ3v) is 5.29. The second-order valence-electron chi connectivity index (χ2n) is 6.02. The summed E-state index contributed by atoms with van der Waals surface area (Å²) in [5, 5.41) is 23.4. The first-order valence-electron chi connectivity index (χ1n) is 8.76. The molecule has 1 aromatic carbocycles. The van der Waals surface area contributed by atoms with Crippen molar-refractivity contribution in [3.8, 4) is 11.8 Å². The highest BCUT2D eigenvalue weighted by molar-refractivity contribution is 7.16. The Morgan fingerprint density at radius 3 is 2.63 bits per heavy atom. The lowest BCUT2D eigenvalue weighted by Crippen LogP contribution is -2.16. The van der Waals surface area contributed by atoms with E-state index in [2.05, 4.69) is 5.32 Å². The normalized spacial score (nSPS) is 10.8. The molecule has 2 rings (SSSR count). The number of rotatable bonds is 7. The van der Waals surface area contributed by atoms with Crippen LogP contribution in [-0.2, 0) is 9.53 Å². The molecule has 1 amide bonds. The van der Waals surface area contributed by atoms with E-state index in [1.165, 1.54) is 42.7 Å². The zero-order valence-corrected chi connectivity index (χ0v) is 17.6. The molecular formula is C20H19N3O6S. The molecule has 156 valence electrons. The van der Waals surface area contributed by atoms with Gasteiger partial charge in [-0.1, -0.05) is 6.07 Å². The molecule has 0 bridgehead atoms. The maximum Gasteiger partial charge on any atom is 0.341 e. The minimum atomic E-state index is -0.747. The van der Waals surface area contributed by atoms with Crippen molar-refractivity contribution in [2.24, 2.45) is 0 Å². The fraction of sp³-hybridized carbons (Fsp3) is 0.250. The van der Waals surface area contributed by atoms with Crippen molar-refractivity contribution in [3.63, 3.8) is 0 Å². The molecule has 30 heavy (non-hydrogen) atoms. The molecule has 0 radical (unpaired) electrons. The topological polar surface area (TPSA) is 132 Å². The van der Waals surface area contributed by atoms with Gasteiger partial charge in [-0.25, -0.2) is 4.79 Å². The molecule has 10 heteroatoms. The summed E-state index contributed by atoms with van der Waals surface area (Å²) in [5.74, 6) is -1.26. The van der Waals surface area contributed by atoms with Crippen molar-refractivity contribution in [2.45, 2.75) is 20.8 Å². The number of amides is 1. The first kappa shape index (κ1) is 22.6. The Morgan fingerprint density at radius 1 is 1.37 bits per heavy atom. The first-order chi connectivity index (χ1) is 14.2. The number of hydrogen-bond acceptors (Lipinski definition) is 8. The minimum absolute atomic E-state index is 0.0590. The van der Waals surface area contributed by atoms with E-state index >= 15 is 0 Å².